The van der Waals surface area contributed by atoms with E-state index in [1.54, 1.807) is 12.1 Å². The highest BCUT2D eigenvalue weighted by Gasteiger charge is 2.52. The maximum Gasteiger partial charge on any atom is 0.338 e. The molecule has 0 aliphatic carbocycles. The van der Waals surface area contributed by atoms with Crippen molar-refractivity contribution in [3.8, 4) is 0 Å². The summed E-state index contributed by atoms with van der Waals surface area (Å²) in [4.78, 5) is 13.0. The van der Waals surface area contributed by atoms with Crippen LogP contribution >= 0.6 is 11.8 Å². The van der Waals surface area contributed by atoms with Crippen LogP contribution in [0.1, 0.15) is 27.8 Å². The summed E-state index contributed by atoms with van der Waals surface area (Å²) in [5.41, 5.74) is 1.99. The van der Waals surface area contributed by atoms with Gasteiger partial charge >= 0.3 is 5.97 Å². The smallest absolute Gasteiger partial charge is 0.338 e. The number of thioether (sulfide) groups is 1. The van der Waals surface area contributed by atoms with Gasteiger partial charge in [0.05, 0.1) is 18.8 Å². The van der Waals surface area contributed by atoms with Crippen LogP contribution in [0.4, 0.5) is 0 Å². The molecule has 0 radical (unpaired) electrons. The minimum Gasteiger partial charge on any atom is -0.452 e. The Hall–Kier alpha value is -2.68. The molecule has 2 aliphatic rings. The molecule has 2 fully saturated rings. The lowest BCUT2D eigenvalue weighted by Crippen LogP contribution is -2.62. The van der Waals surface area contributed by atoms with Crippen LogP contribution in [-0.4, -0.2) is 48.7 Å². The average Bonchev–Trinajstić information content (AvgIpc) is 2.93. The molecule has 35 heavy (non-hydrogen) atoms. The largest absolute Gasteiger partial charge is 0.452 e. The fourth-order valence-corrected chi connectivity index (χ4v) is 5.10. The van der Waals surface area contributed by atoms with Crippen LogP contribution < -0.4 is 0 Å². The zero-order valence-corrected chi connectivity index (χ0v) is 20.2. The number of ether oxygens (including phenoxy) is 5. The monoisotopic (exact) mass is 492 g/mol. The van der Waals surface area contributed by atoms with Gasteiger partial charge in [0, 0.05) is 5.56 Å². The van der Waals surface area contributed by atoms with Crippen molar-refractivity contribution in [1.29, 1.82) is 0 Å². The van der Waals surface area contributed by atoms with Gasteiger partial charge in [0.2, 0.25) is 0 Å². The molecule has 0 spiro atoms. The summed E-state index contributed by atoms with van der Waals surface area (Å²) in [6.45, 7) is 0.710. The number of esters is 1. The van der Waals surface area contributed by atoms with Crippen molar-refractivity contribution in [2.24, 2.45) is 0 Å². The number of benzene rings is 3. The summed E-state index contributed by atoms with van der Waals surface area (Å²) in [7, 11) is 0. The predicted molar refractivity (Wildman–Crippen MR) is 133 cm³/mol. The number of hydrogen-bond donors (Lipinski definition) is 0. The van der Waals surface area contributed by atoms with Crippen LogP contribution in [0.5, 0.6) is 0 Å². The van der Waals surface area contributed by atoms with Gasteiger partial charge in [-0.15, -0.1) is 11.8 Å². The zero-order chi connectivity index (χ0) is 24.0. The summed E-state index contributed by atoms with van der Waals surface area (Å²) < 4.78 is 31.2. The fraction of sp³-hybridized carbons (Fsp3) is 0.321. The van der Waals surface area contributed by atoms with Crippen molar-refractivity contribution in [2.45, 2.75) is 42.7 Å². The van der Waals surface area contributed by atoms with Crippen LogP contribution in [0.3, 0.4) is 0 Å². The van der Waals surface area contributed by atoms with Gasteiger partial charge < -0.3 is 23.7 Å². The molecule has 0 saturated carbocycles. The van der Waals surface area contributed by atoms with Crippen LogP contribution in [0.25, 0.3) is 0 Å². The summed E-state index contributed by atoms with van der Waals surface area (Å²) in [5, 5.41) is 0. The van der Waals surface area contributed by atoms with Gasteiger partial charge in [-0.1, -0.05) is 78.9 Å². The van der Waals surface area contributed by atoms with E-state index in [4.69, 9.17) is 23.7 Å². The Morgan fingerprint density at radius 1 is 0.886 bits per heavy atom. The Bertz CT molecular complexity index is 1080. The van der Waals surface area contributed by atoms with Gasteiger partial charge in [-0.3, -0.25) is 0 Å². The normalized spacial score (nSPS) is 28.1. The van der Waals surface area contributed by atoms with Crippen molar-refractivity contribution in [3.63, 3.8) is 0 Å². The van der Waals surface area contributed by atoms with E-state index in [0.29, 0.717) is 18.8 Å². The average molecular weight is 493 g/mol. The maximum absolute atomic E-state index is 13.0. The molecule has 0 unspecified atom stereocenters. The molecule has 5 rings (SSSR count). The number of carbonyl (C=O) groups is 1. The SMILES string of the molecule is CS[C@@H]1O[C@@H]2CO[C@@H](c3ccccc3)O[C@H]2[C@H](OCc2ccccc2)[C@H]1OC(=O)c1ccccc1. The molecular weight excluding hydrogens is 464 g/mol. The van der Waals surface area contributed by atoms with E-state index in [1.807, 2.05) is 85.1 Å². The Balaban J connectivity index is 1.42. The second-order valence-corrected chi connectivity index (χ2v) is 9.39. The first-order chi connectivity index (χ1) is 17.2. The Morgan fingerprint density at radius 3 is 2.23 bits per heavy atom. The van der Waals surface area contributed by atoms with E-state index < -0.39 is 36.0 Å². The first-order valence-corrected chi connectivity index (χ1v) is 12.9. The third-order valence-electron chi connectivity index (χ3n) is 6.13. The van der Waals surface area contributed by atoms with Crippen molar-refractivity contribution in [3.05, 3.63) is 108 Å². The molecule has 2 saturated heterocycles. The van der Waals surface area contributed by atoms with Gasteiger partial charge in [-0.25, -0.2) is 4.79 Å². The second-order valence-electron chi connectivity index (χ2n) is 8.45. The summed E-state index contributed by atoms with van der Waals surface area (Å²) in [6, 6.07) is 28.7. The molecule has 2 heterocycles. The van der Waals surface area contributed by atoms with Crippen LogP contribution in [0.15, 0.2) is 91.0 Å². The van der Waals surface area contributed by atoms with E-state index in [2.05, 4.69) is 0 Å². The molecule has 6 nitrogen and oxygen atoms in total. The lowest BCUT2D eigenvalue weighted by atomic mass is 9.98. The standard InChI is InChI=1S/C28H28O6S/c1-35-28-25(33-26(29)20-13-7-3-8-14-20)24(30-17-19-11-5-2-6-12-19)23-22(32-28)18-31-27(34-23)21-15-9-4-10-16-21/h2-16,22-25,27-28H,17-18H2,1H3/t22-,23-,24+,25-,27-,28+/m1/s1. The third-order valence-corrected chi connectivity index (χ3v) is 6.97. The summed E-state index contributed by atoms with van der Waals surface area (Å²) in [6.07, 6.45) is -0.666. The molecule has 3 aromatic rings. The van der Waals surface area contributed by atoms with Gasteiger partial charge in [0.1, 0.15) is 23.7 Å². The molecule has 6 atom stereocenters. The van der Waals surface area contributed by atoms with Crippen molar-refractivity contribution in [2.75, 3.05) is 12.9 Å². The molecular formula is C28H28O6S. The van der Waals surface area contributed by atoms with Gasteiger partial charge in [0.15, 0.2) is 12.4 Å². The summed E-state index contributed by atoms with van der Waals surface area (Å²) >= 11 is 1.48. The lowest BCUT2D eigenvalue weighted by Gasteiger charge is -2.48. The van der Waals surface area contributed by atoms with E-state index >= 15 is 0 Å². The number of carbonyl (C=O) groups excluding carboxylic acids is 1. The minimum absolute atomic E-state index is 0.347. The topological polar surface area (TPSA) is 63.2 Å². The molecule has 0 amide bonds. The van der Waals surface area contributed by atoms with Gasteiger partial charge in [0.25, 0.3) is 0 Å². The van der Waals surface area contributed by atoms with Gasteiger partial charge in [-0.05, 0) is 24.0 Å². The first-order valence-electron chi connectivity index (χ1n) is 11.6. The maximum atomic E-state index is 13.0. The van der Waals surface area contributed by atoms with E-state index in [0.717, 1.165) is 11.1 Å². The van der Waals surface area contributed by atoms with Gasteiger partial charge in [-0.2, -0.15) is 0 Å². The molecule has 0 bridgehead atoms. The van der Waals surface area contributed by atoms with Crippen LogP contribution in [0, 0.1) is 0 Å². The second kappa shape index (κ2) is 11.4. The van der Waals surface area contributed by atoms with E-state index in [-0.39, 0.29) is 6.10 Å². The highest BCUT2D eigenvalue weighted by Crippen LogP contribution is 2.39. The molecule has 182 valence electrons. The first kappa shape index (κ1) is 24.0. The van der Waals surface area contributed by atoms with Crippen molar-refractivity contribution < 1.29 is 28.5 Å². The molecule has 2 aliphatic heterocycles. The predicted octanol–water partition coefficient (Wildman–Crippen LogP) is 5.00. The highest BCUT2D eigenvalue weighted by atomic mass is 32.2. The number of hydrogen-bond acceptors (Lipinski definition) is 7. The summed E-state index contributed by atoms with van der Waals surface area (Å²) in [5.74, 6) is -0.420. The zero-order valence-electron chi connectivity index (χ0n) is 19.4. The number of fused-ring (bicyclic) bond motifs is 1. The van der Waals surface area contributed by atoms with Crippen LogP contribution in [0.2, 0.25) is 0 Å². The Labute approximate surface area is 209 Å². The van der Waals surface area contributed by atoms with Crippen molar-refractivity contribution >= 4 is 17.7 Å². The Morgan fingerprint density at radius 2 is 1.54 bits per heavy atom. The van der Waals surface area contributed by atoms with Crippen molar-refractivity contribution in [1.82, 2.24) is 0 Å². The molecule has 0 aromatic heterocycles. The molecule has 0 N–H and O–H groups in total. The minimum atomic E-state index is -0.669. The van der Waals surface area contributed by atoms with E-state index in [9.17, 15) is 4.79 Å². The molecule has 3 aromatic carbocycles. The number of rotatable bonds is 7. The quantitative estimate of drug-likeness (QED) is 0.430. The van der Waals surface area contributed by atoms with E-state index in [1.165, 1.54) is 11.8 Å². The molecule has 7 heteroatoms. The lowest BCUT2D eigenvalue weighted by molar-refractivity contribution is -0.324. The van der Waals surface area contributed by atoms with Crippen LogP contribution in [-0.2, 0) is 30.3 Å². The highest BCUT2D eigenvalue weighted by molar-refractivity contribution is 7.99. The third kappa shape index (κ3) is 5.60. The Kier molecular flexibility index (Phi) is 7.81. The fourth-order valence-electron chi connectivity index (χ4n) is 4.36.